The molecule has 3 aromatic rings. The molecule has 1 unspecified atom stereocenters. The molecule has 1 saturated heterocycles. The van der Waals surface area contributed by atoms with Crippen LogP contribution in [0, 0.1) is 11.3 Å². The molecule has 208 valence electrons. The Kier molecular flexibility index (Phi) is 6.50. The molecule has 2 aromatic carbocycles. The lowest BCUT2D eigenvalue weighted by atomic mass is 9.78. The molecule has 6 rings (SSSR count). The second-order valence-electron chi connectivity index (χ2n) is 10.9. The Balaban J connectivity index is 1.22. The van der Waals surface area contributed by atoms with Gasteiger partial charge in [-0.15, -0.1) is 0 Å². The van der Waals surface area contributed by atoms with Crippen LogP contribution in [0.2, 0.25) is 0 Å². The van der Waals surface area contributed by atoms with Gasteiger partial charge in [0.1, 0.15) is 22.4 Å². The summed E-state index contributed by atoms with van der Waals surface area (Å²) in [5.41, 5.74) is 0.591. The lowest BCUT2D eigenvalue weighted by molar-refractivity contribution is -0.133. The largest absolute Gasteiger partial charge is 0.593 e. The number of nitriles is 1. The van der Waals surface area contributed by atoms with Gasteiger partial charge in [-0.1, -0.05) is 24.3 Å². The van der Waals surface area contributed by atoms with Crippen molar-refractivity contribution in [2.24, 2.45) is 0 Å². The minimum atomic E-state index is -2.92. The number of halogens is 2. The van der Waals surface area contributed by atoms with Crippen LogP contribution >= 0.6 is 0 Å². The monoisotopic (exact) mass is 566 g/mol. The second-order valence-corrected chi connectivity index (χ2v) is 12.4. The fourth-order valence-electron chi connectivity index (χ4n) is 5.39. The highest BCUT2D eigenvalue weighted by molar-refractivity contribution is 7.93. The smallest absolute Gasteiger partial charge is 0.287 e. The summed E-state index contributed by atoms with van der Waals surface area (Å²) in [5, 5.41) is 15.4. The summed E-state index contributed by atoms with van der Waals surface area (Å²) in [7, 11) is 0. The van der Waals surface area contributed by atoms with Gasteiger partial charge in [-0.2, -0.15) is 9.57 Å². The molecule has 8 nitrogen and oxygen atoms in total. The first-order valence-electron chi connectivity index (χ1n) is 13.4. The van der Waals surface area contributed by atoms with Crippen molar-refractivity contribution in [3.05, 3.63) is 54.3 Å². The van der Waals surface area contributed by atoms with E-state index in [1.807, 2.05) is 46.8 Å². The predicted molar refractivity (Wildman–Crippen MR) is 146 cm³/mol. The van der Waals surface area contributed by atoms with Crippen LogP contribution < -0.4 is 14.9 Å². The van der Waals surface area contributed by atoms with E-state index in [4.69, 9.17) is 4.42 Å². The highest BCUT2D eigenvalue weighted by Crippen LogP contribution is 2.41. The third-order valence-electron chi connectivity index (χ3n) is 8.10. The topological polar surface area (TPSA) is 121 Å². The molecule has 40 heavy (non-hydrogen) atoms. The number of carbonyl (C=O) groups excluding carboxylic acids is 2. The Bertz CT molecular complexity index is 1500. The maximum atomic E-state index is 14.0. The average Bonchev–Trinajstić information content (AvgIpc) is 3.36. The van der Waals surface area contributed by atoms with Gasteiger partial charge < -0.3 is 19.6 Å². The Morgan fingerprint density at radius 3 is 2.30 bits per heavy atom. The molecule has 1 atom stereocenters. The fraction of sp³-hybridized carbons (Fsp3) is 0.414. The summed E-state index contributed by atoms with van der Waals surface area (Å²) in [5.74, 6) is -3.57. The van der Waals surface area contributed by atoms with Crippen molar-refractivity contribution in [2.45, 2.75) is 61.9 Å². The zero-order valence-electron chi connectivity index (χ0n) is 21.7. The summed E-state index contributed by atoms with van der Waals surface area (Å²) in [6, 6.07) is 16.9. The van der Waals surface area contributed by atoms with Gasteiger partial charge in [0.15, 0.2) is 5.76 Å². The molecule has 1 aromatic heterocycles. The van der Waals surface area contributed by atoms with Gasteiger partial charge in [0.05, 0.1) is 29.7 Å². The van der Waals surface area contributed by atoms with Crippen molar-refractivity contribution in [1.82, 2.24) is 10.6 Å². The van der Waals surface area contributed by atoms with Gasteiger partial charge in [0, 0.05) is 24.6 Å². The van der Waals surface area contributed by atoms with E-state index in [0.29, 0.717) is 29.6 Å². The molecule has 11 heteroatoms. The first kappa shape index (κ1) is 26.6. The SMILES string of the molecule is N#CC1(NC(=O)C2(NC(=O)c3cc4ccc(-c5ccc(N6CCC[S+]6[O-])cc5)cc4o3)CCC(F)(F)CC2)CC1. The van der Waals surface area contributed by atoms with E-state index in [0.717, 1.165) is 29.8 Å². The summed E-state index contributed by atoms with van der Waals surface area (Å²) in [6.45, 7) is 0.764. The average molecular weight is 567 g/mol. The molecule has 3 fully saturated rings. The zero-order chi connectivity index (χ0) is 28.1. The lowest BCUT2D eigenvalue weighted by Crippen LogP contribution is -2.62. The fourth-order valence-corrected chi connectivity index (χ4v) is 6.68. The number of nitrogens with one attached hydrogen (secondary N) is 2. The van der Waals surface area contributed by atoms with Crippen LogP contribution in [-0.4, -0.2) is 45.7 Å². The highest BCUT2D eigenvalue weighted by atomic mass is 32.2. The van der Waals surface area contributed by atoms with E-state index in [2.05, 4.69) is 16.7 Å². The van der Waals surface area contributed by atoms with E-state index in [9.17, 15) is 28.2 Å². The number of furan rings is 1. The Morgan fingerprint density at radius 2 is 1.68 bits per heavy atom. The van der Waals surface area contributed by atoms with Crippen LogP contribution in [0.1, 0.15) is 55.5 Å². The van der Waals surface area contributed by atoms with Crippen molar-refractivity contribution in [3.63, 3.8) is 0 Å². The van der Waals surface area contributed by atoms with Gasteiger partial charge in [-0.3, -0.25) is 9.59 Å². The van der Waals surface area contributed by atoms with Gasteiger partial charge in [0.25, 0.3) is 5.91 Å². The summed E-state index contributed by atoms with van der Waals surface area (Å²) < 4.78 is 47.9. The van der Waals surface area contributed by atoms with Crippen LogP contribution in [0.3, 0.4) is 0 Å². The highest BCUT2D eigenvalue weighted by Gasteiger charge is 2.53. The zero-order valence-corrected chi connectivity index (χ0v) is 22.5. The molecule has 0 bridgehead atoms. The number of alkyl halides is 2. The molecule has 2 saturated carbocycles. The number of amides is 2. The predicted octanol–water partition coefficient (Wildman–Crippen LogP) is 4.82. The van der Waals surface area contributed by atoms with Crippen molar-refractivity contribution in [3.8, 4) is 17.2 Å². The molecule has 2 amide bonds. The van der Waals surface area contributed by atoms with E-state index in [1.54, 1.807) is 6.07 Å². The Labute approximate surface area is 233 Å². The summed E-state index contributed by atoms with van der Waals surface area (Å²) in [6.07, 6.45) is 0.295. The number of hydrogen-bond donors (Lipinski definition) is 2. The van der Waals surface area contributed by atoms with Crippen LogP contribution in [0.15, 0.2) is 52.9 Å². The Morgan fingerprint density at radius 1 is 0.975 bits per heavy atom. The number of hydrogen-bond acceptors (Lipinski definition) is 6. The maximum absolute atomic E-state index is 14.0. The van der Waals surface area contributed by atoms with Gasteiger partial charge in [-0.25, -0.2) is 8.78 Å². The molecule has 0 radical (unpaired) electrons. The standard InChI is InChI=1S/C29H28F2N4O4S/c30-29(31)12-10-28(11-13-29,26(37)34-27(18-32)8-9-27)33-25(36)24-17-21-3-2-20(16-23(21)39-24)19-4-6-22(7-5-19)35-14-1-15-40(35)38/h2-7,16-17H,1,8-15H2,(H,33,36)(H,34,37). The van der Waals surface area contributed by atoms with Crippen LogP contribution in [0.4, 0.5) is 14.5 Å². The molecule has 2 aliphatic carbocycles. The van der Waals surface area contributed by atoms with Gasteiger partial charge in [-0.05, 0) is 61.1 Å². The number of anilines is 1. The normalized spacial score (nSPS) is 22.4. The molecule has 2 heterocycles. The maximum Gasteiger partial charge on any atom is 0.287 e. The van der Waals surface area contributed by atoms with Crippen molar-refractivity contribution in [1.29, 1.82) is 5.26 Å². The van der Waals surface area contributed by atoms with Crippen molar-refractivity contribution < 1.29 is 27.3 Å². The molecule has 0 spiro atoms. The molecule has 3 aliphatic rings. The molecular weight excluding hydrogens is 538 g/mol. The van der Waals surface area contributed by atoms with Crippen molar-refractivity contribution >= 4 is 39.8 Å². The quantitative estimate of drug-likeness (QED) is 0.413. The van der Waals surface area contributed by atoms with Crippen molar-refractivity contribution in [2.75, 3.05) is 16.6 Å². The van der Waals surface area contributed by atoms with Gasteiger partial charge >= 0.3 is 0 Å². The third-order valence-corrected chi connectivity index (χ3v) is 9.62. The number of fused-ring (bicyclic) bond motifs is 1. The molecule has 2 N–H and O–H groups in total. The summed E-state index contributed by atoms with van der Waals surface area (Å²) in [4.78, 5) is 26.5. The van der Waals surface area contributed by atoms with Crippen LogP contribution in [-0.2, 0) is 16.2 Å². The molecular formula is C29H28F2N4O4S. The third kappa shape index (κ3) is 5.02. The van der Waals surface area contributed by atoms with E-state index < -0.39 is 53.0 Å². The lowest BCUT2D eigenvalue weighted by Gasteiger charge is -2.39. The first-order valence-corrected chi connectivity index (χ1v) is 14.6. The number of benzene rings is 2. The number of carbonyl (C=O) groups is 2. The molecule has 1 aliphatic heterocycles. The van der Waals surface area contributed by atoms with Crippen LogP contribution in [0.25, 0.3) is 22.1 Å². The first-order chi connectivity index (χ1) is 19.1. The summed E-state index contributed by atoms with van der Waals surface area (Å²) >= 11 is -0.995. The second kappa shape index (κ2) is 9.78. The van der Waals surface area contributed by atoms with E-state index >= 15 is 0 Å². The van der Waals surface area contributed by atoms with E-state index in [-0.39, 0.29) is 18.6 Å². The van der Waals surface area contributed by atoms with E-state index in [1.165, 1.54) is 0 Å². The minimum Gasteiger partial charge on any atom is -0.593 e. The number of rotatable bonds is 6. The minimum absolute atomic E-state index is 0.0371. The van der Waals surface area contributed by atoms with Crippen LogP contribution in [0.5, 0.6) is 0 Å². The van der Waals surface area contributed by atoms with Gasteiger partial charge in [0.2, 0.25) is 11.8 Å². The Hall–Kier alpha value is -3.62. The number of nitrogens with zero attached hydrogens (tertiary/aromatic N) is 2.